The Morgan fingerprint density at radius 2 is 2.32 bits per heavy atom. The van der Waals surface area contributed by atoms with Crippen molar-refractivity contribution in [3.05, 3.63) is 34.8 Å². The third-order valence-electron chi connectivity index (χ3n) is 2.38. The van der Waals surface area contributed by atoms with Gasteiger partial charge in [0.05, 0.1) is 5.56 Å². The van der Waals surface area contributed by atoms with E-state index in [1.807, 2.05) is 25.3 Å². The van der Waals surface area contributed by atoms with Gasteiger partial charge in [0.25, 0.3) is 5.91 Å². The highest BCUT2D eigenvalue weighted by atomic mass is 32.2. The van der Waals surface area contributed by atoms with Crippen LogP contribution in [0, 0.1) is 6.92 Å². The highest BCUT2D eigenvalue weighted by molar-refractivity contribution is 8.01. The molecule has 0 aliphatic rings. The summed E-state index contributed by atoms with van der Waals surface area (Å²) >= 11 is 3.03. The molecule has 0 aliphatic carbocycles. The predicted molar refractivity (Wildman–Crippen MR) is 79.8 cm³/mol. The molecule has 4 nitrogen and oxygen atoms in total. The van der Waals surface area contributed by atoms with Gasteiger partial charge in [-0.05, 0) is 32.0 Å². The van der Waals surface area contributed by atoms with Crippen molar-refractivity contribution in [2.75, 3.05) is 12.3 Å². The number of thiazole rings is 1. The fourth-order valence-electron chi connectivity index (χ4n) is 1.54. The van der Waals surface area contributed by atoms with E-state index >= 15 is 0 Å². The van der Waals surface area contributed by atoms with Crippen LogP contribution >= 0.6 is 23.1 Å². The summed E-state index contributed by atoms with van der Waals surface area (Å²) in [6.07, 6.45) is 0. The number of benzene rings is 1. The quantitative estimate of drug-likeness (QED) is 0.851. The van der Waals surface area contributed by atoms with Crippen molar-refractivity contribution in [3.63, 3.8) is 0 Å². The van der Waals surface area contributed by atoms with Gasteiger partial charge in [-0.25, -0.2) is 4.98 Å². The summed E-state index contributed by atoms with van der Waals surface area (Å²) in [5, 5.41) is 4.79. The Labute approximate surface area is 120 Å². The number of aromatic nitrogens is 1. The van der Waals surface area contributed by atoms with Gasteiger partial charge in [-0.2, -0.15) is 0 Å². The minimum Gasteiger partial charge on any atom is -0.399 e. The van der Waals surface area contributed by atoms with Gasteiger partial charge in [-0.3, -0.25) is 4.79 Å². The molecule has 0 unspecified atom stereocenters. The molecule has 19 heavy (non-hydrogen) atoms. The monoisotopic (exact) mass is 293 g/mol. The van der Waals surface area contributed by atoms with E-state index in [1.54, 1.807) is 23.5 Å². The number of amides is 1. The van der Waals surface area contributed by atoms with Crippen LogP contribution in [0.1, 0.15) is 23.0 Å². The number of carbonyl (C=O) groups excluding carboxylic acids is 1. The van der Waals surface area contributed by atoms with Crippen molar-refractivity contribution < 1.29 is 4.79 Å². The Balaban J connectivity index is 2.31. The first-order valence-electron chi connectivity index (χ1n) is 5.88. The Morgan fingerprint density at radius 1 is 1.53 bits per heavy atom. The number of nitrogens with one attached hydrogen (secondary N) is 1. The Hall–Kier alpha value is -1.53. The van der Waals surface area contributed by atoms with Crippen LogP contribution in [0.3, 0.4) is 0 Å². The van der Waals surface area contributed by atoms with Crippen molar-refractivity contribution in [3.8, 4) is 0 Å². The van der Waals surface area contributed by atoms with Gasteiger partial charge < -0.3 is 11.1 Å². The van der Waals surface area contributed by atoms with E-state index < -0.39 is 0 Å². The van der Waals surface area contributed by atoms with E-state index in [0.29, 0.717) is 17.8 Å². The van der Waals surface area contributed by atoms with Gasteiger partial charge in [0.2, 0.25) is 0 Å². The maximum Gasteiger partial charge on any atom is 0.252 e. The SMILES string of the molecule is CCNC(=O)c1ccc(N)cc1Sc1nc(C)cs1. The minimum atomic E-state index is -0.0849. The van der Waals surface area contributed by atoms with Crippen LogP contribution in [0.15, 0.2) is 32.8 Å². The zero-order valence-electron chi connectivity index (χ0n) is 10.8. The molecule has 1 aromatic heterocycles. The van der Waals surface area contributed by atoms with Crippen LogP contribution in [0.25, 0.3) is 0 Å². The van der Waals surface area contributed by atoms with Crippen LogP contribution in [0.5, 0.6) is 0 Å². The number of nitrogens with zero attached hydrogens (tertiary/aromatic N) is 1. The maximum atomic E-state index is 12.0. The molecule has 0 radical (unpaired) electrons. The standard InChI is InChI=1S/C13H15N3OS2/c1-3-15-12(17)10-5-4-9(14)6-11(10)19-13-16-8(2)7-18-13/h4-7H,3,14H2,1-2H3,(H,15,17). The third kappa shape index (κ3) is 3.48. The van der Waals surface area contributed by atoms with E-state index in [2.05, 4.69) is 10.3 Å². The molecule has 0 aliphatic heterocycles. The predicted octanol–water partition coefficient (Wildman–Crippen LogP) is 2.93. The van der Waals surface area contributed by atoms with Crippen molar-refractivity contribution in [1.29, 1.82) is 0 Å². The van der Waals surface area contributed by atoms with E-state index in [1.165, 1.54) is 11.8 Å². The molecule has 2 aromatic rings. The highest BCUT2D eigenvalue weighted by Crippen LogP contribution is 2.33. The van der Waals surface area contributed by atoms with E-state index in [-0.39, 0.29) is 5.91 Å². The third-order valence-corrected chi connectivity index (χ3v) is 4.50. The largest absolute Gasteiger partial charge is 0.399 e. The fourth-order valence-corrected chi connectivity index (χ4v) is 3.51. The number of aryl methyl sites for hydroxylation is 1. The molecule has 0 atom stereocenters. The topological polar surface area (TPSA) is 68.0 Å². The lowest BCUT2D eigenvalue weighted by Crippen LogP contribution is -2.23. The number of hydrogen-bond donors (Lipinski definition) is 2. The summed E-state index contributed by atoms with van der Waals surface area (Å²) in [7, 11) is 0. The second-order valence-electron chi connectivity index (χ2n) is 3.97. The lowest BCUT2D eigenvalue weighted by Gasteiger charge is -2.08. The normalized spacial score (nSPS) is 10.4. The van der Waals surface area contributed by atoms with Gasteiger partial charge in [0.15, 0.2) is 4.34 Å². The molecule has 0 saturated heterocycles. The van der Waals surface area contributed by atoms with E-state index in [9.17, 15) is 4.79 Å². The first-order valence-corrected chi connectivity index (χ1v) is 7.57. The molecular formula is C13H15N3OS2. The number of carbonyl (C=O) groups is 1. The lowest BCUT2D eigenvalue weighted by atomic mass is 10.2. The Bertz CT molecular complexity index is 595. The number of hydrogen-bond acceptors (Lipinski definition) is 5. The summed E-state index contributed by atoms with van der Waals surface area (Å²) in [5.74, 6) is -0.0849. The average molecular weight is 293 g/mol. The van der Waals surface area contributed by atoms with Crippen LogP contribution in [0.2, 0.25) is 0 Å². The van der Waals surface area contributed by atoms with Crippen molar-refractivity contribution >= 4 is 34.7 Å². The molecule has 1 aromatic carbocycles. The summed E-state index contributed by atoms with van der Waals surface area (Å²) in [5.41, 5.74) is 8.06. The molecule has 0 saturated carbocycles. The molecule has 0 spiro atoms. The molecule has 1 amide bonds. The van der Waals surface area contributed by atoms with Gasteiger partial charge in [-0.15, -0.1) is 11.3 Å². The fraction of sp³-hybridized carbons (Fsp3) is 0.231. The smallest absolute Gasteiger partial charge is 0.252 e. The van der Waals surface area contributed by atoms with E-state index in [0.717, 1.165) is 14.9 Å². The van der Waals surface area contributed by atoms with Crippen molar-refractivity contribution in [1.82, 2.24) is 10.3 Å². The van der Waals surface area contributed by atoms with Crippen LogP contribution in [-0.4, -0.2) is 17.4 Å². The average Bonchev–Trinajstić information content (AvgIpc) is 2.75. The lowest BCUT2D eigenvalue weighted by molar-refractivity contribution is 0.0953. The van der Waals surface area contributed by atoms with Gasteiger partial charge in [0, 0.05) is 28.2 Å². The summed E-state index contributed by atoms with van der Waals surface area (Å²) in [4.78, 5) is 17.2. The number of anilines is 1. The first kappa shape index (κ1) is 13.9. The molecule has 2 rings (SSSR count). The molecule has 0 bridgehead atoms. The molecule has 1 heterocycles. The van der Waals surface area contributed by atoms with Crippen molar-refractivity contribution in [2.24, 2.45) is 0 Å². The second kappa shape index (κ2) is 6.08. The van der Waals surface area contributed by atoms with Crippen LogP contribution in [0.4, 0.5) is 5.69 Å². The van der Waals surface area contributed by atoms with Crippen LogP contribution < -0.4 is 11.1 Å². The van der Waals surface area contributed by atoms with Gasteiger partial charge >= 0.3 is 0 Å². The zero-order valence-corrected chi connectivity index (χ0v) is 12.4. The van der Waals surface area contributed by atoms with Crippen LogP contribution in [-0.2, 0) is 0 Å². The first-order chi connectivity index (χ1) is 9.10. The number of nitrogen functional groups attached to an aromatic ring is 1. The van der Waals surface area contributed by atoms with Crippen molar-refractivity contribution in [2.45, 2.75) is 23.1 Å². The second-order valence-corrected chi connectivity index (χ2v) is 6.12. The molecule has 6 heteroatoms. The molecular weight excluding hydrogens is 278 g/mol. The highest BCUT2D eigenvalue weighted by Gasteiger charge is 2.13. The Morgan fingerprint density at radius 3 is 2.95 bits per heavy atom. The number of rotatable bonds is 4. The summed E-state index contributed by atoms with van der Waals surface area (Å²) < 4.78 is 0.911. The van der Waals surface area contributed by atoms with Gasteiger partial charge in [-0.1, -0.05) is 11.8 Å². The molecule has 3 N–H and O–H groups in total. The molecule has 100 valence electrons. The van der Waals surface area contributed by atoms with Gasteiger partial charge in [0.1, 0.15) is 0 Å². The summed E-state index contributed by atoms with van der Waals surface area (Å²) in [6.45, 7) is 4.44. The Kier molecular flexibility index (Phi) is 4.44. The zero-order chi connectivity index (χ0) is 13.8. The number of nitrogens with two attached hydrogens (primary N) is 1. The minimum absolute atomic E-state index is 0.0849. The molecule has 0 fully saturated rings. The maximum absolute atomic E-state index is 12.0. The van der Waals surface area contributed by atoms with E-state index in [4.69, 9.17) is 5.73 Å². The summed E-state index contributed by atoms with van der Waals surface area (Å²) in [6, 6.07) is 5.30.